The number of ether oxygens (including phenoxy) is 1. The van der Waals surface area contributed by atoms with Crippen LogP contribution in [-0.4, -0.2) is 23.7 Å². The number of hydrogen-bond acceptors (Lipinski definition) is 4. The monoisotopic (exact) mass is 212 g/mol. The van der Waals surface area contributed by atoms with E-state index >= 15 is 0 Å². The van der Waals surface area contributed by atoms with Gasteiger partial charge in [-0.1, -0.05) is 6.92 Å². The van der Waals surface area contributed by atoms with E-state index in [1.807, 2.05) is 11.6 Å². The SMILES string of the molecule is CCC1CC(Nc2nccs2)CCO1. The highest BCUT2D eigenvalue weighted by Gasteiger charge is 2.21. The molecular formula is C10H16N2OS. The minimum atomic E-state index is 0.432. The summed E-state index contributed by atoms with van der Waals surface area (Å²) in [7, 11) is 0. The highest BCUT2D eigenvalue weighted by atomic mass is 32.1. The molecule has 78 valence electrons. The normalized spacial score (nSPS) is 27.5. The molecule has 1 aliphatic rings. The molecule has 0 amide bonds. The van der Waals surface area contributed by atoms with Crippen LogP contribution in [-0.2, 0) is 4.74 Å². The fourth-order valence-corrected chi connectivity index (χ4v) is 2.37. The standard InChI is InChI=1S/C10H16N2OS/c1-2-9-7-8(3-5-13-9)12-10-11-4-6-14-10/h4,6,8-9H,2-3,5,7H2,1H3,(H,11,12). The first kappa shape index (κ1) is 9.93. The second-order valence-electron chi connectivity index (χ2n) is 3.60. The Labute approximate surface area is 88.5 Å². The molecule has 1 N–H and O–H groups in total. The summed E-state index contributed by atoms with van der Waals surface area (Å²) in [6.45, 7) is 3.05. The van der Waals surface area contributed by atoms with Gasteiger partial charge in [0.2, 0.25) is 0 Å². The van der Waals surface area contributed by atoms with Crippen LogP contribution in [0.2, 0.25) is 0 Å². The number of hydrogen-bond donors (Lipinski definition) is 1. The van der Waals surface area contributed by atoms with Gasteiger partial charge < -0.3 is 10.1 Å². The molecule has 0 saturated carbocycles. The fraction of sp³-hybridized carbons (Fsp3) is 0.700. The van der Waals surface area contributed by atoms with Crippen molar-refractivity contribution in [2.45, 2.75) is 38.3 Å². The maximum absolute atomic E-state index is 5.62. The summed E-state index contributed by atoms with van der Waals surface area (Å²) in [6, 6.07) is 0.542. The Morgan fingerprint density at radius 3 is 3.36 bits per heavy atom. The van der Waals surface area contributed by atoms with E-state index in [9.17, 15) is 0 Å². The minimum Gasteiger partial charge on any atom is -0.378 e. The zero-order chi connectivity index (χ0) is 9.80. The van der Waals surface area contributed by atoms with Gasteiger partial charge in [-0.3, -0.25) is 0 Å². The molecular weight excluding hydrogens is 196 g/mol. The van der Waals surface area contributed by atoms with E-state index in [-0.39, 0.29) is 0 Å². The molecule has 3 nitrogen and oxygen atoms in total. The Kier molecular flexibility index (Phi) is 3.37. The highest BCUT2D eigenvalue weighted by molar-refractivity contribution is 7.13. The molecule has 14 heavy (non-hydrogen) atoms. The maximum Gasteiger partial charge on any atom is 0.182 e. The largest absolute Gasteiger partial charge is 0.378 e. The fourth-order valence-electron chi connectivity index (χ4n) is 1.77. The lowest BCUT2D eigenvalue weighted by Crippen LogP contribution is -2.33. The van der Waals surface area contributed by atoms with Gasteiger partial charge in [-0.2, -0.15) is 0 Å². The van der Waals surface area contributed by atoms with Crippen LogP contribution in [0.5, 0.6) is 0 Å². The van der Waals surface area contributed by atoms with Gasteiger partial charge in [0, 0.05) is 24.2 Å². The molecule has 1 aromatic rings. The Morgan fingerprint density at radius 2 is 2.64 bits per heavy atom. The smallest absolute Gasteiger partial charge is 0.182 e. The lowest BCUT2D eigenvalue weighted by atomic mass is 10.0. The van der Waals surface area contributed by atoms with Crippen molar-refractivity contribution < 1.29 is 4.74 Å². The van der Waals surface area contributed by atoms with E-state index in [2.05, 4.69) is 17.2 Å². The molecule has 2 heterocycles. The summed E-state index contributed by atoms with van der Waals surface area (Å²) in [4.78, 5) is 4.23. The van der Waals surface area contributed by atoms with Crippen molar-refractivity contribution in [3.05, 3.63) is 11.6 Å². The Bertz CT molecular complexity index is 263. The number of anilines is 1. The number of nitrogens with zero attached hydrogens (tertiary/aromatic N) is 1. The van der Waals surface area contributed by atoms with Crippen molar-refractivity contribution in [2.24, 2.45) is 0 Å². The first-order valence-electron chi connectivity index (χ1n) is 5.16. The molecule has 2 unspecified atom stereocenters. The van der Waals surface area contributed by atoms with Crippen molar-refractivity contribution in [1.82, 2.24) is 4.98 Å². The van der Waals surface area contributed by atoms with E-state index in [1.54, 1.807) is 11.3 Å². The van der Waals surface area contributed by atoms with Crippen molar-refractivity contribution >= 4 is 16.5 Å². The van der Waals surface area contributed by atoms with E-state index < -0.39 is 0 Å². The summed E-state index contributed by atoms with van der Waals surface area (Å²) in [5.74, 6) is 0. The molecule has 0 radical (unpaired) electrons. The van der Waals surface area contributed by atoms with Crippen LogP contribution in [0.1, 0.15) is 26.2 Å². The van der Waals surface area contributed by atoms with Crippen LogP contribution in [0.3, 0.4) is 0 Å². The number of aromatic nitrogens is 1. The van der Waals surface area contributed by atoms with Gasteiger partial charge in [0.25, 0.3) is 0 Å². The molecule has 4 heteroatoms. The predicted molar refractivity (Wildman–Crippen MR) is 58.8 cm³/mol. The number of rotatable bonds is 3. The minimum absolute atomic E-state index is 0.432. The third kappa shape index (κ3) is 2.45. The van der Waals surface area contributed by atoms with Crippen LogP contribution in [0.4, 0.5) is 5.13 Å². The van der Waals surface area contributed by atoms with Crippen molar-refractivity contribution in [3.63, 3.8) is 0 Å². The molecule has 1 saturated heterocycles. The van der Waals surface area contributed by atoms with Crippen LogP contribution in [0.25, 0.3) is 0 Å². The first-order valence-corrected chi connectivity index (χ1v) is 6.04. The van der Waals surface area contributed by atoms with Gasteiger partial charge in [-0.25, -0.2) is 4.98 Å². The average molecular weight is 212 g/mol. The Balaban J connectivity index is 1.86. The molecule has 1 aliphatic heterocycles. The van der Waals surface area contributed by atoms with E-state index in [0.29, 0.717) is 12.1 Å². The van der Waals surface area contributed by atoms with Gasteiger partial charge in [0.05, 0.1) is 6.10 Å². The van der Waals surface area contributed by atoms with Gasteiger partial charge in [0.1, 0.15) is 0 Å². The molecule has 0 bridgehead atoms. The first-order chi connectivity index (χ1) is 6.88. The van der Waals surface area contributed by atoms with Crippen molar-refractivity contribution in [3.8, 4) is 0 Å². The average Bonchev–Trinajstić information content (AvgIpc) is 2.71. The summed E-state index contributed by atoms with van der Waals surface area (Å²) in [5.41, 5.74) is 0. The summed E-state index contributed by atoms with van der Waals surface area (Å²) in [5, 5.41) is 6.49. The van der Waals surface area contributed by atoms with E-state index in [4.69, 9.17) is 4.74 Å². The van der Waals surface area contributed by atoms with Crippen LogP contribution in [0, 0.1) is 0 Å². The molecule has 1 fully saturated rings. The highest BCUT2D eigenvalue weighted by Crippen LogP contribution is 2.21. The van der Waals surface area contributed by atoms with Gasteiger partial charge in [-0.05, 0) is 19.3 Å². The Hall–Kier alpha value is -0.610. The molecule has 0 aromatic carbocycles. The zero-order valence-electron chi connectivity index (χ0n) is 8.40. The molecule has 2 atom stereocenters. The molecule has 0 aliphatic carbocycles. The second-order valence-corrected chi connectivity index (χ2v) is 4.50. The number of nitrogens with one attached hydrogen (secondary N) is 1. The van der Waals surface area contributed by atoms with Gasteiger partial charge in [0.15, 0.2) is 5.13 Å². The quantitative estimate of drug-likeness (QED) is 0.836. The second kappa shape index (κ2) is 4.75. The van der Waals surface area contributed by atoms with Crippen LogP contribution in [0.15, 0.2) is 11.6 Å². The van der Waals surface area contributed by atoms with Gasteiger partial charge >= 0.3 is 0 Å². The molecule has 1 aromatic heterocycles. The number of thiazole rings is 1. The predicted octanol–water partition coefficient (Wildman–Crippen LogP) is 2.51. The zero-order valence-corrected chi connectivity index (χ0v) is 9.22. The van der Waals surface area contributed by atoms with Crippen molar-refractivity contribution in [2.75, 3.05) is 11.9 Å². The third-order valence-corrected chi connectivity index (χ3v) is 3.29. The molecule has 2 rings (SSSR count). The van der Waals surface area contributed by atoms with E-state index in [1.165, 1.54) is 0 Å². The van der Waals surface area contributed by atoms with Crippen LogP contribution >= 0.6 is 11.3 Å². The molecule has 0 spiro atoms. The lowest BCUT2D eigenvalue weighted by Gasteiger charge is -2.29. The summed E-state index contributed by atoms with van der Waals surface area (Å²) < 4.78 is 5.62. The van der Waals surface area contributed by atoms with Crippen molar-refractivity contribution in [1.29, 1.82) is 0 Å². The van der Waals surface area contributed by atoms with E-state index in [0.717, 1.165) is 31.0 Å². The topological polar surface area (TPSA) is 34.2 Å². The maximum atomic E-state index is 5.62. The Morgan fingerprint density at radius 1 is 1.71 bits per heavy atom. The summed E-state index contributed by atoms with van der Waals surface area (Å²) >= 11 is 1.66. The van der Waals surface area contributed by atoms with Crippen LogP contribution < -0.4 is 5.32 Å². The summed E-state index contributed by atoms with van der Waals surface area (Å²) in [6.07, 6.45) is 5.58. The van der Waals surface area contributed by atoms with Gasteiger partial charge in [-0.15, -0.1) is 11.3 Å². The lowest BCUT2D eigenvalue weighted by molar-refractivity contribution is 0.00925. The third-order valence-electron chi connectivity index (χ3n) is 2.58.